The molecule has 0 bridgehead atoms. The van der Waals surface area contributed by atoms with Gasteiger partial charge in [0.25, 0.3) is 5.56 Å². The summed E-state index contributed by atoms with van der Waals surface area (Å²) < 4.78 is 7.86. The molecule has 1 fully saturated rings. The van der Waals surface area contributed by atoms with Crippen LogP contribution in [-0.2, 0) is 16.8 Å². The van der Waals surface area contributed by atoms with Gasteiger partial charge in [0.15, 0.2) is 5.82 Å². The van der Waals surface area contributed by atoms with Gasteiger partial charge in [0.1, 0.15) is 0 Å². The molecule has 3 heterocycles. The third-order valence-electron chi connectivity index (χ3n) is 6.17. The second kappa shape index (κ2) is 9.11. The lowest BCUT2D eigenvalue weighted by atomic mass is 10.0. The van der Waals surface area contributed by atoms with Gasteiger partial charge in [0, 0.05) is 30.8 Å². The Bertz CT molecular complexity index is 1120. The van der Waals surface area contributed by atoms with Gasteiger partial charge in [-0.15, -0.1) is 5.10 Å². The van der Waals surface area contributed by atoms with E-state index in [2.05, 4.69) is 65.2 Å². The lowest BCUT2D eigenvalue weighted by Gasteiger charge is -2.33. The number of tetrazole rings is 1. The highest BCUT2D eigenvalue weighted by Gasteiger charge is 2.31. The van der Waals surface area contributed by atoms with Crippen molar-refractivity contribution in [2.24, 2.45) is 0 Å². The highest BCUT2D eigenvalue weighted by atomic mass is 16.5. The maximum absolute atomic E-state index is 13.0. The van der Waals surface area contributed by atoms with Crippen LogP contribution in [0.4, 0.5) is 0 Å². The van der Waals surface area contributed by atoms with Crippen molar-refractivity contribution < 1.29 is 4.74 Å². The van der Waals surface area contributed by atoms with E-state index < -0.39 is 0 Å². The van der Waals surface area contributed by atoms with E-state index in [1.165, 1.54) is 0 Å². The van der Waals surface area contributed by atoms with E-state index in [-0.39, 0.29) is 23.2 Å². The number of nitrogens with zero attached hydrogens (tertiary/aromatic N) is 5. The summed E-state index contributed by atoms with van der Waals surface area (Å²) in [5.74, 6) is 0.825. The number of hydrogen-bond acceptors (Lipinski definition) is 6. The zero-order valence-electron chi connectivity index (χ0n) is 19.8. The minimum Gasteiger partial charge on any atom is -0.377 e. The molecule has 8 heteroatoms. The number of nitrogens with one attached hydrogen (secondary N) is 1. The van der Waals surface area contributed by atoms with Crippen LogP contribution < -0.4 is 5.56 Å². The largest absolute Gasteiger partial charge is 0.377 e. The summed E-state index contributed by atoms with van der Waals surface area (Å²) in [7, 11) is 0. The second-order valence-corrected chi connectivity index (χ2v) is 9.82. The number of aromatic amines is 1. The number of rotatable bonds is 7. The summed E-state index contributed by atoms with van der Waals surface area (Å²) in [5, 5.41) is 13.7. The molecule has 1 aromatic carbocycles. The summed E-state index contributed by atoms with van der Waals surface area (Å²) in [6.07, 6.45) is 3.09. The van der Waals surface area contributed by atoms with Crippen molar-refractivity contribution in [1.29, 1.82) is 0 Å². The molecule has 8 nitrogen and oxygen atoms in total. The van der Waals surface area contributed by atoms with Gasteiger partial charge in [-0.1, -0.05) is 19.1 Å². The maximum atomic E-state index is 13.0. The molecule has 0 amide bonds. The van der Waals surface area contributed by atoms with Gasteiger partial charge in [0.05, 0.1) is 17.7 Å². The van der Waals surface area contributed by atoms with Crippen molar-refractivity contribution in [2.75, 3.05) is 13.2 Å². The molecule has 32 heavy (non-hydrogen) atoms. The molecule has 2 atom stereocenters. The molecule has 1 saturated heterocycles. The molecule has 0 saturated carbocycles. The molecule has 172 valence electrons. The number of benzene rings is 1. The third kappa shape index (κ3) is 4.76. The molecule has 1 aliphatic rings. The van der Waals surface area contributed by atoms with Crippen molar-refractivity contribution in [2.45, 2.75) is 78.1 Å². The zero-order chi connectivity index (χ0) is 22.9. The first kappa shape index (κ1) is 22.6. The Morgan fingerprint density at radius 3 is 2.81 bits per heavy atom. The minimum absolute atomic E-state index is 0.0264. The molecule has 0 unspecified atom stereocenters. The summed E-state index contributed by atoms with van der Waals surface area (Å²) >= 11 is 0. The van der Waals surface area contributed by atoms with Crippen LogP contribution >= 0.6 is 0 Å². The number of fused-ring (bicyclic) bond motifs is 1. The van der Waals surface area contributed by atoms with Crippen molar-refractivity contribution >= 4 is 10.9 Å². The molecule has 1 N–H and O–H groups in total. The minimum atomic E-state index is -0.236. The monoisotopic (exact) mass is 438 g/mol. The standard InChI is InChI=1S/C24H34N6O2/c1-6-21(22-26-27-28-30(22)24(3,4)5)29(15-19-8-7-11-32-19)14-18-13-17-10-9-16(2)12-20(17)25-23(18)31/h9-10,12-13,19,21H,6-8,11,14-15H2,1-5H3,(H,25,31)/t19-,21-/m0/s1. The Labute approximate surface area is 189 Å². The van der Waals surface area contributed by atoms with Crippen LogP contribution in [0.2, 0.25) is 0 Å². The molecule has 1 aliphatic heterocycles. The quantitative estimate of drug-likeness (QED) is 0.605. The van der Waals surface area contributed by atoms with E-state index >= 15 is 0 Å². The molecule has 0 spiro atoms. The van der Waals surface area contributed by atoms with Crippen LogP contribution in [0.1, 0.15) is 70.0 Å². The third-order valence-corrected chi connectivity index (χ3v) is 6.17. The molecular weight excluding hydrogens is 404 g/mol. The lowest BCUT2D eigenvalue weighted by molar-refractivity contribution is 0.0478. The first-order chi connectivity index (χ1) is 15.3. The fourth-order valence-corrected chi connectivity index (χ4v) is 4.53. The smallest absolute Gasteiger partial charge is 0.252 e. The average Bonchev–Trinajstić information content (AvgIpc) is 3.41. The number of aromatic nitrogens is 5. The Balaban J connectivity index is 1.71. The topological polar surface area (TPSA) is 88.9 Å². The number of H-pyrrole nitrogens is 1. The van der Waals surface area contributed by atoms with E-state index in [1.807, 2.05) is 23.7 Å². The van der Waals surface area contributed by atoms with Crippen LogP contribution in [-0.4, -0.2) is 49.3 Å². The zero-order valence-corrected chi connectivity index (χ0v) is 19.8. The average molecular weight is 439 g/mol. The highest BCUT2D eigenvalue weighted by Crippen LogP contribution is 2.29. The number of hydrogen-bond donors (Lipinski definition) is 1. The first-order valence-electron chi connectivity index (χ1n) is 11.5. The van der Waals surface area contributed by atoms with Gasteiger partial charge >= 0.3 is 0 Å². The van der Waals surface area contributed by atoms with E-state index in [4.69, 9.17) is 4.74 Å². The molecule has 4 rings (SSSR count). The summed E-state index contributed by atoms with van der Waals surface area (Å²) in [4.78, 5) is 18.4. The van der Waals surface area contributed by atoms with Crippen LogP contribution in [0.3, 0.4) is 0 Å². The normalized spacial score (nSPS) is 18.0. The lowest BCUT2D eigenvalue weighted by Crippen LogP contribution is -2.39. The van der Waals surface area contributed by atoms with Crippen molar-refractivity contribution in [3.05, 3.63) is 51.6 Å². The Morgan fingerprint density at radius 1 is 1.31 bits per heavy atom. The fourth-order valence-electron chi connectivity index (χ4n) is 4.53. The molecule has 2 aromatic heterocycles. The predicted molar refractivity (Wildman–Crippen MR) is 125 cm³/mol. The summed E-state index contributed by atoms with van der Waals surface area (Å²) in [6.45, 7) is 12.5. The summed E-state index contributed by atoms with van der Waals surface area (Å²) in [6, 6.07) is 8.13. The van der Waals surface area contributed by atoms with Gasteiger partial charge in [-0.05, 0) is 80.5 Å². The van der Waals surface area contributed by atoms with Crippen molar-refractivity contribution in [3.8, 4) is 0 Å². The highest BCUT2D eigenvalue weighted by molar-refractivity contribution is 5.79. The molecular formula is C24H34N6O2. The number of aryl methyl sites for hydroxylation is 1. The second-order valence-electron chi connectivity index (χ2n) is 9.82. The van der Waals surface area contributed by atoms with E-state index in [0.29, 0.717) is 6.54 Å². The number of ether oxygens (including phenoxy) is 1. The van der Waals surface area contributed by atoms with Gasteiger partial charge in [-0.3, -0.25) is 9.69 Å². The molecule has 0 radical (unpaired) electrons. The van der Waals surface area contributed by atoms with Crippen LogP contribution in [0.5, 0.6) is 0 Å². The van der Waals surface area contributed by atoms with E-state index in [1.54, 1.807) is 0 Å². The maximum Gasteiger partial charge on any atom is 0.252 e. The Hall–Kier alpha value is -2.58. The molecule has 3 aromatic rings. The van der Waals surface area contributed by atoms with Gasteiger partial charge in [-0.2, -0.15) is 0 Å². The molecule has 0 aliphatic carbocycles. The van der Waals surface area contributed by atoms with E-state index in [9.17, 15) is 4.79 Å². The summed E-state index contributed by atoms with van der Waals surface area (Å²) in [5.41, 5.74) is 2.45. The Kier molecular flexibility index (Phi) is 6.44. The van der Waals surface area contributed by atoms with Gasteiger partial charge < -0.3 is 9.72 Å². The SMILES string of the molecule is CC[C@@H](c1nnnn1C(C)(C)C)N(Cc1cc2ccc(C)cc2[nH]c1=O)C[C@@H]1CCCO1. The Morgan fingerprint density at radius 2 is 2.12 bits per heavy atom. The van der Waals surface area contributed by atoms with Gasteiger partial charge in [-0.25, -0.2) is 4.68 Å². The van der Waals surface area contributed by atoms with Crippen LogP contribution in [0, 0.1) is 6.92 Å². The van der Waals surface area contributed by atoms with Crippen molar-refractivity contribution in [3.63, 3.8) is 0 Å². The van der Waals surface area contributed by atoms with E-state index in [0.717, 1.165) is 60.3 Å². The van der Waals surface area contributed by atoms with Crippen LogP contribution in [0.25, 0.3) is 10.9 Å². The van der Waals surface area contributed by atoms with Gasteiger partial charge in [0.2, 0.25) is 0 Å². The van der Waals surface area contributed by atoms with Crippen molar-refractivity contribution in [1.82, 2.24) is 30.1 Å². The fraction of sp³-hybridized carbons (Fsp3) is 0.583. The predicted octanol–water partition coefficient (Wildman–Crippen LogP) is 3.71. The number of pyridine rings is 1. The first-order valence-corrected chi connectivity index (χ1v) is 11.5. The van der Waals surface area contributed by atoms with Crippen LogP contribution in [0.15, 0.2) is 29.1 Å².